The fraction of sp³-hybridized carbons (Fsp3) is 0.565. The standard InChI is InChI=1S/C23H28FN5O2S/c1-16(21(30)26-23(15-25)11-3-2-4-12-23)32-22-28-27-20(17-7-9-18(24)10-8-17)29(22)14-19-6-5-13-31-19/h7-10,16,19H,2-6,11-14H2,1H3,(H,26,30). The summed E-state index contributed by atoms with van der Waals surface area (Å²) in [6.07, 6.45) is 6.40. The molecule has 2 atom stereocenters. The molecule has 32 heavy (non-hydrogen) atoms. The van der Waals surface area contributed by atoms with E-state index < -0.39 is 10.8 Å². The summed E-state index contributed by atoms with van der Waals surface area (Å²) < 4.78 is 21.2. The largest absolute Gasteiger partial charge is 0.376 e. The maximum absolute atomic E-state index is 13.4. The van der Waals surface area contributed by atoms with E-state index in [0.29, 0.717) is 30.4 Å². The van der Waals surface area contributed by atoms with Gasteiger partial charge >= 0.3 is 0 Å². The molecule has 1 N–H and O–H groups in total. The molecular weight excluding hydrogens is 429 g/mol. The van der Waals surface area contributed by atoms with E-state index in [-0.39, 0.29) is 17.8 Å². The highest BCUT2D eigenvalue weighted by Gasteiger charge is 2.35. The van der Waals surface area contributed by atoms with Crippen molar-refractivity contribution in [3.8, 4) is 17.5 Å². The molecule has 2 heterocycles. The molecule has 0 radical (unpaired) electrons. The lowest BCUT2D eigenvalue weighted by molar-refractivity contribution is -0.121. The van der Waals surface area contributed by atoms with Crippen LogP contribution in [0.3, 0.4) is 0 Å². The van der Waals surface area contributed by atoms with Gasteiger partial charge in [-0.15, -0.1) is 10.2 Å². The first-order valence-electron chi connectivity index (χ1n) is 11.2. The summed E-state index contributed by atoms with van der Waals surface area (Å²) in [5.74, 6) is 0.137. The van der Waals surface area contributed by atoms with Crippen molar-refractivity contribution >= 4 is 17.7 Å². The second-order valence-electron chi connectivity index (χ2n) is 8.56. The number of rotatable bonds is 7. The summed E-state index contributed by atoms with van der Waals surface area (Å²) in [6, 6.07) is 8.48. The van der Waals surface area contributed by atoms with Crippen LogP contribution in [0.5, 0.6) is 0 Å². The summed E-state index contributed by atoms with van der Waals surface area (Å²) in [5.41, 5.74) is -0.0131. The van der Waals surface area contributed by atoms with Crippen LogP contribution in [0.25, 0.3) is 11.4 Å². The first kappa shape index (κ1) is 22.7. The number of ether oxygens (including phenoxy) is 1. The summed E-state index contributed by atoms with van der Waals surface area (Å²) in [7, 11) is 0. The van der Waals surface area contributed by atoms with Gasteiger partial charge in [0, 0.05) is 12.2 Å². The van der Waals surface area contributed by atoms with E-state index in [1.54, 1.807) is 12.1 Å². The first-order chi connectivity index (χ1) is 15.5. The topological polar surface area (TPSA) is 92.8 Å². The zero-order valence-corrected chi connectivity index (χ0v) is 19.0. The Morgan fingerprint density at radius 3 is 2.72 bits per heavy atom. The molecule has 2 unspecified atom stereocenters. The summed E-state index contributed by atoms with van der Waals surface area (Å²) in [6.45, 7) is 3.12. The van der Waals surface area contributed by atoms with E-state index in [0.717, 1.165) is 44.3 Å². The molecule has 2 fully saturated rings. The SMILES string of the molecule is CC(Sc1nnc(-c2ccc(F)cc2)n1CC1CCCO1)C(=O)NC1(C#N)CCCCC1. The predicted octanol–water partition coefficient (Wildman–Crippen LogP) is 4.09. The minimum atomic E-state index is -0.769. The molecule has 1 aromatic carbocycles. The number of hydrogen-bond acceptors (Lipinski definition) is 6. The van der Waals surface area contributed by atoms with Crippen LogP contribution < -0.4 is 5.32 Å². The van der Waals surface area contributed by atoms with Gasteiger partial charge in [-0.25, -0.2) is 4.39 Å². The quantitative estimate of drug-likeness (QED) is 0.630. The van der Waals surface area contributed by atoms with Gasteiger partial charge in [0.05, 0.1) is 24.0 Å². The van der Waals surface area contributed by atoms with E-state index in [1.807, 2.05) is 11.5 Å². The van der Waals surface area contributed by atoms with E-state index >= 15 is 0 Å². The molecule has 2 aromatic rings. The molecule has 170 valence electrons. The van der Waals surface area contributed by atoms with Gasteiger partial charge in [-0.05, 0) is 56.9 Å². The highest BCUT2D eigenvalue weighted by molar-refractivity contribution is 8.00. The van der Waals surface area contributed by atoms with Gasteiger partial charge in [-0.1, -0.05) is 31.0 Å². The van der Waals surface area contributed by atoms with Gasteiger partial charge in [0.2, 0.25) is 5.91 Å². The fourth-order valence-corrected chi connectivity index (χ4v) is 5.17. The molecular formula is C23H28FN5O2S. The Labute approximate surface area is 191 Å². The highest BCUT2D eigenvalue weighted by Crippen LogP contribution is 2.31. The van der Waals surface area contributed by atoms with Gasteiger partial charge in [0.15, 0.2) is 11.0 Å². The van der Waals surface area contributed by atoms with Gasteiger partial charge in [0.1, 0.15) is 11.4 Å². The number of amides is 1. The number of thioether (sulfide) groups is 1. The van der Waals surface area contributed by atoms with Gasteiger partial charge in [0.25, 0.3) is 0 Å². The maximum Gasteiger partial charge on any atom is 0.234 e. The zero-order valence-electron chi connectivity index (χ0n) is 18.2. The Morgan fingerprint density at radius 1 is 1.31 bits per heavy atom. The second kappa shape index (κ2) is 10.0. The van der Waals surface area contributed by atoms with Crippen LogP contribution in [0, 0.1) is 17.1 Å². The molecule has 1 aliphatic heterocycles. The molecule has 0 spiro atoms. The number of benzene rings is 1. The van der Waals surface area contributed by atoms with Crippen LogP contribution in [-0.2, 0) is 16.1 Å². The van der Waals surface area contributed by atoms with Crippen molar-refractivity contribution in [2.24, 2.45) is 0 Å². The molecule has 1 aromatic heterocycles. The molecule has 0 bridgehead atoms. The Morgan fingerprint density at radius 2 is 2.06 bits per heavy atom. The average Bonchev–Trinajstić information content (AvgIpc) is 3.46. The number of nitrogens with zero attached hydrogens (tertiary/aromatic N) is 4. The number of nitriles is 1. The third-order valence-electron chi connectivity index (χ3n) is 6.16. The van der Waals surface area contributed by atoms with Crippen LogP contribution in [0.1, 0.15) is 51.9 Å². The lowest BCUT2D eigenvalue weighted by Crippen LogP contribution is -2.51. The molecule has 2 aliphatic rings. The second-order valence-corrected chi connectivity index (χ2v) is 9.87. The van der Waals surface area contributed by atoms with Gasteiger partial charge < -0.3 is 10.1 Å². The van der Waals surface area contributed by atoms with Crippen molar-refractivity contribution in [2.45, 2.75) is 80.5 Å². The van der Waals surface area contributed by atoms with Crippen molar-refractivity contribution < 1.29 is 13.9 Å². The number of hydrogen-bond donors (Lipinski definition) is 1. The Kier molecular flexibility index (Phi) is 7.11. The Bertz CT molecular complexity index is 975. The monoisotopic (exact) mass is 457 g/mol. The van der Waals surface area contributed by atoms with Gasteiger partial charge in [-0.2, -0.15) is 5.26 Å². The molecule has 9 heteroatoms. The number of nitrogens with one attached hydrogen (secondary N) is 1. The van der Waals surface area contributed by atoms with Crippen LogP contribution in [0.15, 0.2) is 29.4 Å². The fourth-order valence-electron chi connectivity index (χ4n) is 4.31. The van der Waals surface area contributed by atoms with Crippen molar-refractivity contribution in [3.05, 3.63) is 30.1 Å². The van der Waals surface area contributed by atoms with Crippen LogP contribution in [0.2, 0.25) is 0 Å². The molecule has 4 rings (SSSR count). The number of carbonyl (C=O) groups excluding carboxylic acids is 1. The summed E-state index contributed by atoms with van der Waals surface area (Å²) >= 11 is 1.32. The van der Waals surface area contributed by atoms with E-state index in [2.05, 4.69) is 21.6 Å². The molecule has 1 amide bonds. The van der Waals surface area contributed by atoms with Crippen LogP contribution in [0.4, 0.5) is 4.39 Å². The number of halogens is 1. The summed E-state index contributed by atoms with van der Waals surface area (Å²) in [4.78, 5) is 12.9. The highest BCUT2D eigenvalue weighted by atomic mass is 32.2. The van der Waals surface area contributed by atoms with Crippen LogP contribution in [-0.4, -0.2) is 44.2 Å². The lowest BCUT2D eigenvalue weighted by atomic mass is 9.83. The normalized spacial score (nSPS) is 21.1. The van der Waals surface area contributed by atoms with Crippen LogP contribution >= 0.6 is 11.8 Å². The van der Waals surface area contributed by atoms with Gasteiger partial charge in [-0.3, -0.25) is 9.36 Å². The van der Waals surface area contributed by atoms with E-state index in [9.17, 15) is 14.4 Å². The Balaban J connectivity index is 1.53. The van der Waals surface area contributed by atoms with Crippen molar-refractivity contribution in [1.29, 1.82) is 5.26 Å². The van der Waals surface area contributed by atoms with E-state index in [1.165, 1.54) is 23.9 Å². The smallest absolute Gasteiger partial charge is 0.234 e. The summed E-state index contributed by atoms with van der Waals surface area (Å²) in [5, 5.41) is 21.5. The minimum Gasteiger partial charge on any atom is -0.376 e. The van der Waals surface area contributed by atoms with Crippen molar-refractivity contribution in [3.63, 3.8) is 0 Å². The van der Waals surface area contributed by atoms with Crippen molar-refractivity contribution in [2.75, 3.05) is 6.61 Å². The molecule has 7 nitrogen and oxygen atoms in total. The first-order valence-corrected chi connectivity index (χ1v) is 12.1. The average molecular weight is 458 g/mol. The third-order valence-corrected chi connectivity index (χ3v) is 7.24. The third kappa shape index (κ3) is 5.13. The predicted molar refractivity (Wildman–Crippen MR) is 119 cm³/mol. The molecule has 1 aliphatic carbocycles. The van der Waals surface area contributed by atoms with E-state index in [4.69, 9.17) is 4.74 Å². The lowest BCUT2D eigenvalue weighted by Gasteiger charge is -2.32. The molecule has 1 saturated carbocycles. The number of carbonyl (C=O) groups is 1. The number of aromatic nitrogens is 3. The minimum absolute atomic E-state index is 0.0535. The molecule has 1 saturated heterocycles. The Hall–Kier alpha value is -2.44. The zero-order chi connectivity index (χ0) is 22.6. The maximum atomic E-state index is 13.4. The van der Waals surface area contributed by atoms with Crippen molar-refractivity contribution in [1.82, 2.24) is 20.1 Å².